The fourth-order valence-corrected chi connectivity index (χ4v) is 3.69. The molecule has 2 nitrogen and oxygen atoms in total. The average molecular weight is 342 g/mol. The Labute approximate surface area is 149 Å². The van der Waals surface area contributed by atoms with E-state index in [2.05, 4.69) is 12.3 Å². The number of rotatable bonds is 7. The maximum atomic E-state index is 12.5. The lowest BCUT2D eigenvalue weighted by molar-refractivity contribution is 0.103. The molecular weight excluding hydrogens is 327 g/mol. The molecule has 0 atom stereocenters. The molecule has 0 saturated heterocycles. The van der Waals surface area contributed by atoms with Gasteiger partial charge < -0.3 is 9.59 Å². The van der Waals surface area contributed by atoms with Crippen molar-refractivity contribution >= 4 is 24.8 Å². The highest BCUT2D eigenvalue weighted by Crippen LogP contribution is 2.43. The lowest BCUT2D eigenvalue weighted by atomic mass is 10.1. The Kier molecular flexibility index (Phi) is 5.66. The topological polar surface area (TPSA) is 34.1 Å². The van der Waals surface area contributed by atoms with Gasteiger partial charge in [0, 0.05) is 11.6 Å². The van der Waals surface area contributed by atoms with Crippen LogP contribution in [0.4, 0.5) is 0 Å². The SMILES string of the molecule is O=C([C-]P([C-]C(=O)c1ccccc1)c1ccccc1)c1ccccc1. The van der Waals surface area contributed by atoms with E-state index in [9.17, 15) is 9.59 Å². The Bertz CT molecular complexity index is 776. The van der Waals surface area contributed by atoms with Crippen molar-refractivity contribution in [3.05, 3.63) is 114 Å². The van der Waals surface area contributed by atoms with Crippen LogP contribution in [0.15, 0.2) is 91.0 Å². The minimum absolute atomic E-state index is 0.219. The van der Waals surface area contributed by atoms with Crippen LogP contribution in [0.5, 0.6) is 0 Å². The molecule has 0 aliphatic rings. The first-order valence-electron chi connectivity index (χ1n) is 7.81. The molecule has 0 aliphatic heterocycles. The van der Waals surface area contributed by atoms with Gasteiger partial charge in [0.05, 0.1) is 0 Å². The summed E-state index contributed by atoms with van der Waals surface area (Å²) in [7, 11) is -1.38. The van der Waals surface area contributed by atoms with E-state index in [0.29, 0.717) is 11.1 Å². The molecule has 3 rings (SSSR count). The molecule has 0 bridgehead atoms. The quantitative estimate of drug-likeness (QED) is 0.356. The fourth-order valence-electron chi connectivity index (χ4n) is 2.25. The Balaban J connectivity index is 1.81. The van der Waals surface area contributed by atoms with Crippen LogP contribution in [0.1, 0.15) is 20.7 Å². The van der Waals surface area contributed by atoms with Gasteiger partial charge in [-0.2, -0.15) is 0 Å². The number of benzene rings is 3. The lowest BCUT2D eigenvalue weighted by Gasteiger charge is -2.31. The fraction of sp³-hybridized carbons (Fsp3) is 0. The Morgan fingerprint density at radius 1 is 0.560 bits per heavy atom. The predicted octanol–water partition coefficient (Wildman–Crippen LogP) is 4.64. The summed E-state index contributed by atoms with van der Waals surface area (Å²) in [5.41, 5.74) is 1.11. The Morgan fingerprint density at radius 2 is 0.920 bits per heavy atom. The third-order valence-electron chi connectivity index (χ3n) is 3.51. The van der Waals surface area contributed by atoms with Gasteiger partial charge >= 0.3 is 0 Å². The molecule has 0 unspecified atom stereocenters. The van der Waals surface area contributed by atoms with E-state index >= 15 is 0 Å². The first kappa shape index (κ1) is 17.0. The van der Waals surface area contributed by atoms with Crippen molar-refractivity contribution in [1.29, 1.82) is 0 Å². The molecule has 3 aromatic rings. The second kappa shape index (κ2) is 8.32. The largest absolute Gasteiger partial charge is 0.332 e. The Hall–Kier alpha value is -2.83. The zero-order valence-electron chi connectivity index (χ0n) is 13.4. The summed E-state index contributed by atoms with van der Waals surface area (Å²) in [5, 5.41) is 0.867. The standard InChI is InChI=1S/C22H15O2P/c23-21(18-10-4-1-5-11-18)16-25(20-14-8-3-9-15-20)17-22(24)19-12-6-2-7-13-19/h1-15H/q-2. The van der Waals surface area contributed by atoms with Gasteiger partial charge in [0.15, 0.2) is 0 Å². The van der Waals surface area contributed by atoms with E-state index in [1.54, 1.807) is 24.3 Å². The predicted molar refractivity (Wildman–Crippen MR) is 101 cm³/mol. The molecule has 0 amide bonds. The van der Waals surface area contributed by atoms with Crippen LogP contribution < -0.4 is 5.30 Å². The number of hydrogen-bond donors (Lipinski definition) is 0. The first-order valence-corrected chi connectivity index (χ1v) is 9.15. The van der Waals surface area contributed by atoms with Gasteiger partial charge in [-0.05, 0) is 0 Å². The number of carbonyl (C=O) groups excluding carboxylic acids is 2. The summed E-state index contributed by atoms with van der Waals surface area (Å²) in [6, 6.07) is 27.4. The first-order chi connectivity index (χ1) is 12.2. The summed E-state index contributed by atoms with van der Waals surface area (Å²) in [4.78, 5) is 25.0. The molecule has 122 valence electrons. The van der Waals surface area contributed by atoms with Gasteiger partial charge in [0.2, 0.25) is 0 Å². The van der Waals surface area contributed by atoms with E-state index < -0.39 is 7.92 Å². The van der Waals surface area contributed by atoms with E-state index in [1.165, 1.54) is 0 Å². The normalized spacial score (nSPS) is 10.3. The molecule has 0 spiro atoms. The van der Waals surface area contributed by atoms with Crippen LogP contribution >= 0.6 is 7.92 Å². The highest BCUT2D eigenvalue weighted by atomic mass is 31.1. The summed E-state index contributed by atoms with van der Waals surface area (Å²) >= 11 is 0. The van der Waals surface area contributed by atoms with Gasteiger partial charge in [0.1, 0.15) is 0 Å². The molecule has 0 fully saturated rings. The molecule has 3 aromatic carbocycles. The molecular formula is C22H15O2P-2. The minimum Gasteiger partial charge on any atom is -0.332 e. The maximum absolute atomic E-state index is 12.5. The van der Waals surface area contributed by atoms with Crippen molar-refractivity contribution < 1.29 is 9.59 Å². The molecule has 0 N–H and O–H groups in total. The van der Waals surface area contributed by atoms with Crippen molar-refractivity contribution in [2.24, 2.45) is 0 Å². The molecule has 3 heteroatoms. The number of Topliss-reactive ketones (excluding diaryl/α,β-unsaturated/α-hetero) is 2. The Morgan fingerprint density at radius 3 is 1.32 bits per heavy atom. The van der Waals surface area contributed by atoms with Crippen molar-refractivity contribution in [2.75, 3.05) is 0 Å². The van der Waals surface area contributed by atoms with Crippen LogP contribution in [0, 0.1) is 12.3 Å². The van der Waals surface area contributed by atoms with Gasteiger partial charge in [-0.3, -0.25) is 0 Å². The van der Waals surface area contributed by atoms with Crippen LogP contribution in [0.3, 0.4) is 0 Å². The van der Waals surface area contributed by atoms with Crippen molar-refractivity contribution in [3.8, 4) is 0 Å². The third kappa shape index (κ3) is 4.59. The van der Waals surface area contributed by atoms with E-state index in [4.69, 9.17) is 0 Å². The van der Waals surface area contributed by atoms with Crippen LogP contribution in [0.2, 0.25) is 0 Å². The summed E-state index contributed by atoms with van der Waals surface area (Å²) < 4.78 is 0. The van der Waals surface area contributed by atoms with Gasteiger partial charge in [-0.25, -0.2) is 20.2 Å². The van der Waals surface area contributed by atoms with E-state index in [0.717, 1.165) is 5.30 Å². The van der Waals surface area contributed by atoms with Gasteiger partial charge in [0.25, 0.3) is 0 Å². The van der Waals surface area contributed by atoms with Gasteiger partial charge in [-0.15, -0.1) is 35.4 Å². The zero-order valence-corrected chi connectivity index (χ0v) is 14.3. The minimum atomic E-state index is -1.38. The van der Waals surface area contributed by atoms with E-state index in [1.807, 2.05) is 66.7 Å². The highest BCUT2D eigenvalue weighted by Gasteiger charge is 2.06. The van der Waals surface area contributed by atoms with Crippen LogP contribution in [-0.2, 0) is 0 Å². The van der Waals surface area contributed by atoms with Crippen LogP contribution in [0.25, 0.3) is 0 Å². The summed E-state index contributed by atoms with van der Waals surface area (Å²) in [5.74, 6) is -0.437. The average Bonchev–Trinajstić information content (AvgIpc) is 2.69. The monoisotopic (exact) mass is 342 g/mol. The lowest BCUT2D eigenvalue weighted by Crippen LogP contribution is -2.10. The smallest absolute Gasteiger partial charge is 0.0184 e. The third-order valence-corrected chi connectivity index (χ3v) is 5.18. The molecule has 2 radical (unpaired) electrons. The highest BCUT2D eigenvalue weighted by molar-refractivity contribution is 7.71. The number of carbonyl (C=O) groups is 2. The van der Waals surface area contributed by atoms with Crippen LogP contribution in [-0.4, -0.2) is 11.6 Å². The van der Waals surface area contributed by atoms with Crippen molar-refractivity contribution in [1.82, 2.24) is 0 Å². The number of hydrogen-bond acceptors (Lipinski definition) is 2. The van der Waals surface area contributed by atoms with E-state index in [-0.39, 0.29) is 11.6 Å². The summed E-state index contributed by atoms with van der Waals surface area (Å²) in [6.07, 6.45) is 5.89. The zero-order chi connectivity index (χ0) is 17.5. The number of ketones is 2. The molecule has 0 aromatic heterocycles. The molecule has 25 heavy (non-hydrogen) atoms. The summed E-state index contributed by atoms with van der Waals surface area (Å²) in [6.45, 7) is 0. The second-order valence-electron chi connectivity index (χ2n) is 5.28. The molecule has 0 aliphatic carbocycles. The molecule has 0 heterocycles. The van der Waals surface area contributed by atoms with Crippen molar-refractivity contribution in [3.63, 3.8) is 0 Å². The molecule has 0 saturated carbocycles. The maximum Gasteiger partial charge on any atom is 0.0184 e. The second-order valence-corrected chi connectivity index (χ2v) is 6.92. The van der Waals surface area contributed by atoms with Crippen molar-refractivity contribution in [2.45, 2.75) is 0 Å². The van der Waals surface area contributed by atoms with Gasteiger partial charge in [-0.1, -0.05) is 72.0 Å².